The minimum absolute atomic E-state index is 0.122. The van der Waals surface area contributed by atoms with Crippen molar-refractivity contribution in [3.63, 3.8) is 0 Å². The minimum Gasteiger partial charge on any atom is -0.148 e. The van der Waals surface area contributed by atoms with Crippen LogP contribution in [0.3, 0.4) is 0 Å². The molecule has 0 amide bonds. The first-order valence-electron chi connectivity index (χ1n) is 7.45. The summed E-state index contributed by atoms with van der Waals surface area (Å²) in [6, 6.07) is 17.2. The van der Waals surface area contributed by atoms with Crippen molar-refractivity contribution in [2.75, 3.05) is 0 Å². The van der Waals surface area contributed by atoms with E-state index in [1.54, 1.807) is 0 Å². The summed E-state index contributed by atoms with van der Waals surface area (Å²) in [5.74, 6) is 0. The van der Waals surface area contributed by atoms with Crippen molar-refractivity contribution >= 4 is 57.8 Å². The number of halogens is 1. The molecule has 1 saturated heterocycles. The smallest absolute Gasteiger partial charge is 0.100 e. The molecule has 1 aromatic carbocycles. The van der Waals surface area contributed by atoms with E-state index < -0.39 is 0 Å². The molecule has 0 N–H and O–H groups in total. The number of rotatable bonds is 4. The van der Waals surface area contributed by atoms with Crippen LogP contribution >= 0.6 is 57.8 Å². The van der Waals surface area contributed by atoms with E-state index in [9.17, 15) is 0 Å². The topological polar surface area (TPSA) is 0 Å². The molecule has 4 rings (SSSR count). The Kier molecular flexibility index (Phi) is 4.79. The van der Waals surface area contributed by atoms with Gasteiger partial charge in [0.15, 0.2) is 0 Å². The van der Waals surface area contributed by atoms with E-state index >= 15 is 0 Å². The molecular formula is C18H15ClS4. The predicted molar refractivity (Wildman–Crippen MR) is 107 cm³/mol. The second-order valence-corrected chi connectivity index (χ2v) is 10.9. The van der Waals surface area contributed by atoms with Crippen molar-refractivity contribution in [3.8, 4) is 0 Å². The van der Waals surface area contributed by atoms with Gasteiger partial charge in [-0.3, -0.25) is 0 Å². The Bertz CT molecular complexity index is 749. The van der Waals surface area contributed by atoms with E-state index in [4.69, 9.17) is 11.6 Å². The normalized spacial score (nSPS) is 24.1. The zero-order valence-corrected chi connectivity index (χ0v) is 16.3. The first-order valence-corrected chi connectivity index (χ1v) is 11.3. The van der Waals surface area contributed by atoms with Crippen LogP contribution in [0.1, 0.15) is 27.8 Å². The van der Waals surface area contributed by atoms with Crippen molar-refractivity contribution in [3.05, 3.63) is 74.1 Å². The van der Waals surface area contributed by atoms with Gasteiger partial charge in [-0.1, -0.05) is 23.7 Å². The van der Waals surface area contributed by atoms with Gasteiger partial charge in [0, 0.05) is 24.9 Å². The molecule has 23 heavy (non-hydrogen) atoms. The molecule has 0 nitrogen and oxygen atoms in total. The molecule has 118 valence electrons. The first kappa shape index (κ1) is 16.1. The lowest BCUT2D eigenvalue weighted by molar-refractivity contribution is 0.746. The quantitative estimate of drug-likeness (QED) is 0.445. The number of thioether (sulfide) groups is 2. The van der Waals surface area contributed by atoms with Gasteiger partial charge in [-0.15, -0.1) is 46.2 Å². The van der Waals surface area contributed by atoms with Crippen molar-refractivity contribution in [1.82, 2.24) is 0 Å². The van der Waals surface area contributed by atoms with Gasteiger partial charge in [-0.2, -0.15) is 0 Å². The van der Waals surface area contributed by atoms with Crippen molar-refractivity contribution < 1.29 is 0 Å². The summed E-state index contributed by atoms with van der Waals surface area (Å²) in [6.45, 7) is 0. The highest BCUT2D eigenvalue weighted by molar-refractivity contribution is 8.18. The average molecular weight is 395 g/mol. The van der Waals surface area contributed by atoms with Crippen LogP contribution in [0.15, 0.2) is 64.2 Å². The maximum absolute atomic E-state index is 6.04. The van der Waals surface area contributed by atoms with Crippen LogP contribution in [0.5, 0.6) is 0 Å². The molecule has 0 spiro atoms. The molecule has 1 fully saturated rings. The third-order valence-electron chi connectivity index (χ3n) is 3.92. The van der Waals surface area contributed by atoms with Crippen molar-refractivity contribution in [1.29, 1.82) is 0 Å². The fraction of sp³-hybridized carbons (Fsp3) is 0.222. The molecule has 0 radical (unpaired) electrons. The van der Waals surface area contributed by atoms with E-state index in [-0.39, 0.29) is 4.08 Å². The van der Waals surface area contributed by atoms with E-state index in [2.05, 4.69) is 58.9 Å². The van der Waals surface area contributed by atoms with Crippen molar-refractivity contribution in [2.45, 2.75) is 27.1 Å². The summed E-state index contributed by atoms with van der Waals surface area (Å²) >= 11 is 13.9. The highest BCUT2D eigenvalue weighted by atomic mass is 35.5. The monoisotopic (exact) mass is 394 g/mol. The molecule has 1 aliphatic heterocycles. The van der Waals surface area contributed by atoms with E-state index in [1.165, 1.54) is 27.5 Å². The summed E-state index contributed by atoms with van der Waals surface area (Å²) in [5, 5.41) is 5.79. The molecular weight excluding hydrogens is 380 g/mol. The van der Waals surface area contributed by atoms with Gasteiger partial charge in [0.2, 0.25) is 0 Å². The Hall–Kier alpha value is -0.390. The van der Waals surface area contributed by atoms with Gasteiger partial charge < -0.3 is 0 Å². The standard InChI is InChI=1S/C18H15ClS4/c19-13-5-7-14(8-6-13)22-18(17-4-2-12-21-17)10-9-16(23-18)15-3-1-11-20-15/h1-8,11-12,16H,9-10H2. The van der Waals surface area contributed by atoms with E-state index in [0.29, 0.717) is 5.25 Å². The van der Waals surface area contributed by atoms with E-state index in [1.807, 2.05) is 46.6 Å². The molecule has 2 unspecified atom stereocenters. The van der Waals surface area contributed by atoms with Crippen LogP contribution < -0.4 is 0 Å². The fourth-order valence-electron chi connectivity index (χ4n) is 2.84. The molecule has 0 bridgehead atoms. The Morgan fingerprint density at radius 2 is 1.78 bits per heavy atom. The van der Waals surface area contributed by atoms with Gasteiger partial charge >= 0.3 is 0 Å². The zero-order valence-electron chi connectivity index (χ0n) is 12.3. The van der Waals surface area contributed by atoms with E-state index in [0.717, 1.165) is 5.02 Å². The van der Waals surface area contributed by atoms with Crippen LogP contribution in [-0.4, -0.2) is 0 Å². The summed E-state index contributed by atoms with van der Waals surface area (Å²) in [4.78, 5) is 4.27. The largest absolute Gasteiger partial charge is 0.148 e. The van der Waals surface area contributed by atoms with Crippen molar-refractivity contribution in [2.24, 2.45) is 0 Å². The molecule has 0 saturated carbocycles. The SMILES string of the molecule is Clc1ccc(SC2(c3cccs3)CCC(c3cccs3)S2)cc1. The predicted octanol–water partition coefficient (Wildman–Crippen LogP) is 7.68. The molecule has 3 heterocycles. The second kappa shape index (κ2) is 6.85. The number of benzene rings is 1. The fourth-order valence-corrected chi connectivity index (χ4v) is 8.50. The highest BCUT2D eigenvalue weighted by Crippen LogP contribution is 2.65. The maximum atomic E-state index is 6.04. The molecule has 2 atom stereocenters. The first-order chi connectivity index (χ1) is 11.3. The average Bonchev–Trinajstić information content (AvgIpc) is 3.31. The molecule has 3 aromatic rings. The third kappa shape index (κ3) is 3.38. The third-order valence-corrected chi connectivity index (χ3v) is 9.98. The molecule has 5 heteroatoms. The lowest BCUT2D eigenvalue weighted by Gasteiger charge is -2.27. The number of hydrogen-bond acceptors (Lipinski definition) is 4. The van der Waals surface area contributed by atoms with Gasteiger partial charge in [0.05, 0.1) is 0 Å². The molecule has 0 aliphatic carbocycles. The summed E-state index contributed by atoms with van der Waals surface area (Å²) < 4.78 is 0.122. The van der Waals surface area contributed by atoms with Gasteiger partial charge in [-0.05, 0) is 60.0 Å². The van der Waals surface area contributed by atoms with Crippen LogP contribution in [-0.2, 0) is 4.08 Å². The van der Waals surface area contributed by atoms with Gasteiger partial charge in [0.1, 0.15) is 4.08 Å². The molecule has 2 aromatic heterocycles. The Balaban J connectivity index is 1.65. The number of hydrogen-bond donors (Lipinski definition) is 0. The lowest BCUT2D eigenvalue weighted by atomic mass is 10.1. The van der Waals surface area contributed by atoms with Crippen LogP contribution in [0.4, 0.5) is 0 Å². The van der Waals surface area contributed by atoms with Crippen LogP contribution in [0.2, 0.25) is 5.02 Å². The summed E-state index contributed by atoms with van der Waals surface area (Å²) in [7, 11) is 0. The minimum atomic E-state index is 0.122. The highest BCUT2D eigenvalue weighted by Gasteiger charge is 2.44. The van der Waals surface area contributed by atoms with Crippen LogP contribution in [0.25, 0.3) is 0 Å². The summed E-state index contributed by atoms with van der Waals surface area (Å²) in [6.07, 6.45) is 2.44. The Labute approximate surface area is 158 Å². The Morgan fingerprint density at radius 1 is 1.00 bits per heavy atom. The van der Waals surface area contributed by atoms with Gasteiger partial charge in [-0.25, -0.2) is 0 Å². The van der Waals surface area contributed by atoms with Gasteiger partial charge in [0.25, 0.3) is 0 Å². The van der Waals surface area contributed by atoms with Crippen LogP contribution in [0, 0.1) is 0 Å². The second-order valence-electron chi connectivity index (χ2n) is 5.45. The maximum Gasteiger partial charge on any atom is 0.100 e. The molecule has 1 aliphatic rings. The summed E-state index contributed by atoms with van der Waals surface area (Å²) in [5.41, 5.74) is 0. The Morgan fingerprint density at radius 3 is 2.48 bits per heavy atom. The lowest BCUT2D eigenvalue weighted by Crippen LogP contribution is -2.11. The zero-order chi connectivity index (χ0) is 15.7. The number of thiophene rings is 2.